The van der Waals surface area contributed by atoms with E-state index in [-0.39, 0.29) is 5.91 Å². The fourth-order valence-corrected chi connectivity index (χ4v) is 2.80. The van der Waals surface area contributed by atoms with Crippen LogP contribution in [0, 0.1) is 0 Å². The Morgan fingerprint density at radius 1 is 1.06 bits per heavy atom. The summed E-state index contributed by atoms with van der Waals surface area (Å²) in [5, 5.41) is 9.89. The van der Waals surface area contributed by atoms with E-state index in [0.29, 0.717) is 6.54 Å². The van der Waals surface area contributed by atoms with Crippen LogP contribution >= 0.6 is 0 Å². The van der Waals surface area contributed by atoms with E-state index in [9.17, 15) is 9.90 Å². The number of carbonyl (C=O) groups excluding carboxylic acids is 1. The Morgan fingerprint density at radius 2 is 1.61 bits per heavy atom. The molecule has 0 unspecified atom stereocenters. The van der Waals surface area contributed by atoms with Crippen LogP contribution in [-0.2, 0) is 4.79 Å². The second-order valence-electron chi connectivity index (χ2n) is 6.07. The van der Waals surface area contributed by atoms with Crippen LogP contribution in [0.4, 0.5) is 0 Å². The molecule has 0 aromatic heterocycles. The minimum absolute atomic E-state index is 0.276. The summed E-state index contributed by atoms with van der Waals surface area (Å²) in [7, 11) is 0. The number of hydrogen-bond donors (Lipinski definition) is 1. The van der Waals surface area contributed by atoms with Gasteiger partial charge in [0.05, 0.1) is 12.1 Å². The third-order valence-corrected chi connectivity index (χ3v) is 4.25. The van der Waals surface area contributed by atoms with E-state index in [4.69, 9.17) is 0 Å². The van der Waals surface area contributed by atoms with E-state index in [0.717, 1.165) is 51.9 Å². The molecular formula is C14H26N2O2. The maximum atomic E-state index is 12.2. The van der Waals surface area contributed by atoms with Crippen molar-refractivity contribution in [3.63, 3.8) is 0 Å². The molecule has 2 aliphatic rings. The highest BCUT2D eigenvalue weighted by Gasteiger charge is 2.28. The van der Waals surface area contributed by atoms with Crippen molar-refractivity contribution in [2.45, 2.75) is 51.0 Å². The molecule has 1 amide bonds. The first-order chi connectivity index (χ1) is 8.57. The third-order valence-electron chi connectivity index (χ3n) is 4.25. The van der Waals surface area contributed by atoms with Crippen molar-refractivity contribution in [3.05, 3.63) is 0 Å². The molecule has 4 heteroatoms. The van der Waals surface area contributed by atoms with Crippen molar-refractivity contribution >= 4 is 5.91 Å². The molecule has 104 valence electrons. The van der Waals surface area contributed by atoms with Crippen LogP contribution < -0.4 is 0 Å². The van der Waals surface area contributed by atoms with Gasteiger partial charge in [0.2, 0.25) is 5.91 Å². The van der Waals surface area contributed by atoms with Crippen molar-refractivity contribution in [1.82, 2.24) is 9.80 Å². The Morgan fingerprint density at radius 3 is 2.17 bits per heavy atom. The third kappa shape index (κ3) is 3.95. The summed E-state index contributed by atoms with van der Waals surface area (Å²) in [6.45, 7) is 5.98. The second kappa shape index (κ2) is 6.02. The lowest BCUT2D eigenvalue weighted by Crippen LogP contribution is -2.47. The van der Waals surface area contributed by atoms with Gasteiger partial charge in [-0.2, -0.15) is 0 Å². The molecule has 0 aromatic rings. The molecule has 1 N–H and O–H groups in total. The SMILES string of the molecule is CC1(O)CCN(CC(=O)N2CCCCCC2)CC1. The van der Waals surface area contributed by atoms with Crippen LogP contribution in [0.1, 0.15) is 45.4 Å². The Hall–Kier alpha value is -0.610. The van der Waals surface area contributed by atoms with Gasteiger partial charge in [-0.3, -0.25) is 9.69 Å². The topological polar surface area (TPSA) is 43.8 Å². The minimum Gasteiger partial charge on any atom is -0.390 e. The summed E-state index contributed by atoms with van der Waals surface area (Å²) in [4.78, 5) is 16.4. The molecule has 0 aromatic carbocycles. The van der Waals surface area contributed by atoms with E-state index in [1.807, 2.05) is 11.8 Å². The molecule has 2 heterocycles. The van der Waals surface area contributed by atoms with E-state index in [1.54, 1.807) is 0 Å². The summed E-state index contributed by atoms with van der Waals surface area (Å²) in [5.41, 5.74) is -0.526. The maximum absolute atomic E-state index is 12.2. The van der Waals surface area contributed by atoms with Gasteiger partial charge in [-0.15, -0.1) is 0 Å². The number of hydrogen-bond acceptors (Lipinski definition) is 3. The van der Waals surface area contributed by atoms with Crippen LogP contribution in [0.2, 0.25) is 0 Å². The van der Waals surface area contributed by atoms with Gasteiger partial charge in [0.15, 0.2) is 0 Å². The number of piperidine rings is 1. The highest BCUT2D eigenvalue weighted by molar-refractivity contribution is 5.78. The Labute approximate surface area is 110 Å². The first-order valence-electron chi connectivity index (χ1n) is 7.29. The Bertz CT molecular complexity index is 274. The first kappa shape index (κ1) is 13.8. The quantitative estimate of drug-likeness (QED) is 0.806. The zero-order valence-corrected chi connectivity index (χ0v) is 11.5. The van der Waals surface area contributed by atoms with Crippen molar-refractivity contribution in [3.8, 4) is 0 Å². The number of carbonyl (C=O) groups is 1. The monoisotopic (exact) mass is 254 g/mol. The van der Waals surface area contributed by atoms with Gasteiger partial charge in [-0.05, 0) is 32.6 Å². The van der Waals surface area contributed by atoms with E-state index in [2.05, 4.69) is 4.90 Å². The van der Waals surface area contributed by atoms with Gasteiger partial charge < -0.3 is 10.0 Å². The van der Waals surface area contributed by atoms with Crippen LogP contribution in [0.15, 0.2) is 0 Å². The van der Waals surface area contributed by atoms with Crippen molar-refractivity contribution in [2.75, 3.05) is 32.7 Å². The first-order valence-corrected chi connectivity index (χ1v) is 7.29. The molecule has 2 aliphatic heterocycles. The Balaban J connectivity index is 1.77. The lowest BCUT2D eigenvalue weighted by Gasteiger charge is -2.36. The van der Waals surface area contributed by atoms with Crippen LogP contribution in [0.3, 0.4) is 0 Å². The zero-order valence-electron chi connectivity index (χ0n) is 11.5. The standard InChI is InChI=1S/C14H26N2O2/c1-14(18)6-10-15(11-7-14)12-13(17)16-8-4-2-3-5-9-16/h18H,2-12H2,1H3. The number of aliphatic hydroxyl groups is 1. The lowest BCUT2D eigenvalue weighted by atomic mass is 9.94. The van der Waals surface area contributed by atoms with Crippen molar-refractivity contribution < 1.29 is 9.90 Å². The van der Waals surface area contributed by atoms with E-state index < -0.39 is 5.60 Å². The second-order valence-corrected chi connectivity index (χ2v) is 6.07. The van der Waals surface area contributed by atoms with Gasteiger partial charge in [-0.25, -0.2) is 0 Å². The lowest BCUT2D eigenvalue weighted by molar-refractivity contribution is -0.133. The van der Waals surface area contributed by atoms with Crippen molar-refractivity contribution in [1.29, 1.82) is 0 Å². The molecule has 2 fully saturated rings. The highest BCUT2D eigenvalue weighted by Crippen LogP contribution is 2.21. The summed E-state index contributed by atoms with van der Waals surface area (Å²) < 4.78 is 0. The molecule has 0 aliphatic carbocycles. The highest BCUT2D eigenvalue weighted by atomic mass is 16.3. The van der Waals surface area contributed by atoms with Crippen LogP contribution in [0.25, 0.3) is 0 Å². The predicted octanol–water partition coefficient (Wildman–Crippen LogP) is 1.24. The number of nitrogens with zero attached hydrogens (tertiary/aromatic N) is 2. The van der Waals surface area contributed by atoms with Gasteiger partial charge >= 0.3 is 0 Å². The molecule has 18 heavy (non-hydrogen) atoms. The smallest absolute Gasteiger partial charge is 0.236 e. The molecule has 2 rings (SSSR count). The Kier molecular flexibility index (Phi) is 4.62. The molecule has 0 atom stereocenters. The summed E-state index contributed by atoms with van der Waals surface area (Å²) in [6, 6.07) is 0. The largest absolute Gasteiger partial charge is 0.390 e. The number of rotatable bonds is 2. The normalized spacial score (nSPS) is 25.8. The van der Waals surface area contributed by atoms with Gasteiger partial charge in [0.25, 0.3) is 0 Å². The minimum atomic E-state index is -0.526. The molecular weight excluding hydrogens is 228 g/mol. The predicted molar refractivity (Wildman–Crippen MR) is 71.3 cm³/mol. The van der Waals surface area contributed by atoms with Crippen molar-refractivity contribution in [2.24, 2.45) is 0 Å². The summed E-state index contributed by atoms with van der Waals surface area (Å²) in [5.74, 6) is 0.276. The van der Waals surface area contributed by atoms with Crippen LogP contribution in [-0.4, -0.2) is 59.1 Å². The fraction of sp³-hybridized carbons (Fsp3) is 0.929. The van der Waals surface area contributed by atoms with Crippen LogP contribution in [0.5, 0.6) is 0 Å². The molecule has 0 saturated carbocycles. The molecule has 0 spiro atoms. The van der Waals surface area contributed by atoms with E-state index in [1.165, 1.54) is 12.8 Å². The molecule has 0 bridgehead atoms. The van der Waals surface area contributed by atoms with Gasteiger partial charge in [-0.1, -0.05) is 12.8 Å². The average molecular weight is 254 g/mol. The zero-order chi connectivity index (χ0) is 13.0. The number of amides is 1. The molecule has 4 nitrogen and oxygen atoms in total. The van der Waals surface area contributed by atoms with E-state index >= 15 is 0 Å². The molecule has 0 radical (unpaired) electrons. The maximum Gasteiger partial charge on any atom is 0.236 e. The fourth-order valence-electron chi connectivity index (χ4n) is 2.80. The molecule has 2 saturated heterocycles. The van der Waals surface area contributed by atoms with Gasteiger partial charge in [0.1, 0.15) is 0 Å². The summed E-state index contributed by atoms with van der Waals surface area (Å²) in [6.07, 6.45) is 6.38. The summed E-state index contributed by atoms with van der Waals surface area (Å²) >= 11 is 0. The van der Waals surface area contributed by atoms with Gasteiger partial charge in [0, 0.05) is 26.2 Å². The number of likely N-dealkylation sites (tertiary alicyclic amines) is 2. The average Bonchev–Trinajstić information content (AvgIpc) is 2.60.